The number of aromatic nitrogens is 3. The number of hydrogen-bond acceptors (Lipinski definition) is 3. The molecular formula is C32H27N3O. The molecule has 6 aromatic rings. The Labute approximate surface area is 210 Å². The molecule has 1 N–H and O–H groups in total. The van der Waals surface area contributed by atoms with Gasteiger partial charge in [-0.2, -0.15) is 0 Å². The predicted molar refractivity (Wildman–Crippen MR) is 147 cm³/mol. The van der Waals surface area contributed by atoms with Crippen LogP contribution in [0.5, 0.6) is 5.75 Å². The van der Waals surface area contributed by atoms with Gasteiger partial charge in [0, 0.05) is 27.9 Å². The summed E-state index contributed by atoms with van der Waals surface area (Å²) in [5, 5.41) is 12.8. The highest BCUT2D eigenvalue weighted by atomic mass is 16.3. The molecule has 3 aromatic heterocycles. The van der Waals surface area contributed by atoms with E-state index in [2.05, 4.69) is 80.4 Å². The third-order valence-corrected chi connectivity index (χ3v) is 7.08. The van der Waals surface area contributed by atoms with Gasteiger partial charge in [0.15, 0.2) is 0 Å². The van der Waals surface area contributed by atoms with E-state index in [1.807, 2.05) is 47.2 Å². The monoisotopic (exact) mass is 469 g/mol. The lowest BCUT2D eigenvalue weighted by molar-refractivity contribution is 0.473. The predicted octanol–water partition coefficient (Wildman–Crippen LogP) is 7.58. The first-order valence-electron chi connectivity index (χ1n) is 12.2. The maximum Gasteiger partial charge on any atom is 0.146 e. The minimum absolute atomic E-state index is 0.224. The van der Waals surface area contributed by atoms with Crippen LogP contribution in [0.2, 0.25) is 0 Å². The molecule has 4 nitrogen and oxygen atoms in total. The summed E-state index contributed by atoms with van der Waals surface area (Å²) in [6.07, 6.45) is 1.88. The molecule has 0 atom stereocenters. The van der Waals surface area contributed by atoms with Crippen LogP contribution in [0.15, 0.2) is 103 Å². The fraction of sp³-hybridized carbons (Fsp3) is 0.125. The van der Waals surface area contributed by atoms with E-state index < -0.39 is 0 Å². The van der Waals surface area contributed by atoms with Crippen molar-refractivity contribution in [3.05, 3.63) is 120 Å². The van der Waals surface area contributed by atoms with Crippen molar-refractivity contribution in [1.29, 1.82) is 0 Å². The zero-order valence-corrected chi connectivity index (χ0v) is 20.6. The maximum atomic E-state index is 10.7. The van der Waals surface area contributed by atoms with Crippen molar-refractivity contribution >= 4 is 21.9 Å². The molecule has 0 bridgehead atoms. The molecular weight excluding hydrogens is 442 g/mol. The Hall–Kier alpha value is -4.44. The second-order valence-corrected chi connectivity index (χ2v) is 9.83. The van der Waals surface area contributed by atoms with Crippen LogP contribution in [-0.2, 0) is 5.41 Å². The fourth-order valence-electron chi connectivity index (χ4n) is 4.99. The molecule has 36 heavy (non-hydrogen) atoms. The summed E-state index contributed by atoms with van der Waals surface area (Å²) in [6, 6.07) is 32.6. The Morgan fingerprint density at radius 3 is 2.42 bits per heavy atom. The van der Waals surface area contributed by atoms with Gasteiger partial charge in [0.1, 0.15) is 11.4 Å². The highest BCUT2D eigenvalue weighted by molar-refractivity contribution is 6.08. The third-order valence-electron chi connectivity index (χ3n) is 7.08. The molecule has 3 aromatic carbocycles. The normalized spacial score (nSPS) is 11.9. The van der Waals surface area contributed by atoms with E-state index in [1.54, 1.807) is 6.07 Å². The Morgan fingerprint density at radius 2 is 1.58 bits per heavy atom. The number of fused-ring (bicyclic) bond motifs is 3. The lowest BCUT2D eigenvalue weighted by atomic mass is 9.80. The number of hydrogen-bond donors (Lipinski definition) is 1. The van der Waals surface area contributed by atoms with Crippen molar-refractivity contribution in [3.8, 4) is 22.7 Å². The van der Waals surface area contributed by atoms with Crippen LogP contribution in [0.4, 0.5) is 0 Å². The molecule has 0 saturated carbocycles. The van der Waals surface area contributed by atoms with Gasteiger partial charge in [-0.15, -0.1) is 0 Å². The Bertz CT molecular complexity index is 1750. The number of pyridine rings is 2. The highest BCUT2D eigenvalue weighted by Crippen LogP contribution is 2.36. The van der Waals surface area contributed by atoms with E-state index in [-0.39, 0.29) is 11.2 Å². The van der Waals surface area contributed by atoms with Crippen LogP contribution in [0.25, 0.3) is 38.9 Å². The summed E-state index contributed by atoms with van der Waals surface area (Å²) < 4.78 is 2.05. The summed E-state index contributed by atoms with van der Waals surface area (Å²) in [7, 11) is 0. The molecule has 0 amide bonds. The number of aryl methyl sites for hydroxylation is 1. The molecule has 3 heterocycles. The molecule has 0 aliphatic rings. The van der Waals surface area contributed by atoms with E-state index in [1.165, 1.54) is 11.1 Å². The number of rotatable bonds is 4. The van der Waals surface area contributed by atoms with Gasteiger partial charge in [0.2, 0.25) is 0 Å². The second-order valence-electron chi connectivity index (χ2n) is 9.83. The van der Waals surface area contributed by atoms with Gasteiger partial charge in [-0.05, 0) is 66.6 Å². The number of phenolic OH excluding ortho intramolecular Hbond substituents is 1. The topological polar surface area (TPSA) is 50.9 Å². The van der Waals surface area contributed by atoms with Crippen LogP contribution in [0, 0.1) is 6.92 Å². The molecule has 4 heteroatoms. The number of aromatic hydroxyl groups is 1. The van der Waals surface area contributed by atoms with Crippen LogP contribution in [0.3, 0.4) is 0 Å². The van der Waals surface area contributed by atoms with Gasteiger partial charge in [-0.3, -0.25) is 9.55 Å². The summed E-state index contributed by atoms with van der Waals surface area (Å²) in [5.41, 5.74) is 7.66. The van der Waals surface area contributed by atoms with Gasteiger partial charge >= 0.3 is 0 Å². The maximum absolute atomic E-state index is 10.7. The van der Waals surface area contributed by atoms with Crippen molar-refractivity contribution in [2.24, 2.45) is 0 Å². The minimum atomic E-state index is -0.253. The van der Waals surface area contributed by atoms with E-state index in [0.29, 0.717) is 5.69 Å². The second kappa shape index (κ2) is 8.35. The van der Waals surface area contributed by atoms with Gasteiger partial charge in [-0.1, -0.05) is 62.4 Å². The quantitative estimate of drug-likeness (QED) is 0.289. The summed E-state index contributed by atoms with van der Waals surface area (Å²) in [5.74, 6) is 0.224. The number of nitrogens with zero attached hydrogens (tertiary/aromatic N) is 3. The molecule has 6 rings (SSSR count). The molecule has 0 unspecified atom stereocenters. The molecule has 0 fully saturated rings. The van der Waals surface area contributed by atoms with Crippen molar-refractivity contribution in [3.63, 3.8) is 0 Å². The Morgan fingerprint density at radius 1 is 0.778 bits per heavy atom. The van der Waals surface area contributed by atoms with Crippen molar-refractivity contribution in [2.75, 3.05) is 0 Å². The van der Waals surface area contributed by atoms with Crippen molar-refractivity contribution < 1.29 is 5.11 Å². The van der Waals surface area contributed by atoms with E-state index in [0.717, 1.165) is 38.9 Å². The zero-order chi connectivity index (χ0) is 24.9. The van der Waals surface area contributed by atoms with Crippen LogP contribution >= 0.6 is 0 Å². The lowest BCUT2D eigenvalue weighted by Crippen LogP contribution is -2.20. The molecule has 176 valence electrons. The third kappa shape index (κ3) is 3.54. The summed E-state index contributed by atoms with van der Waals surface area (Å²) >= 11 is 0. The van der Waals surface area contributed by atoms with Crippen LogP contribution in [-0.4, -0.2) is 19.6 Å². The fourth-order valence-corrected chi connectivity index (χ4v) is 4.99. The Balaban J connectivity index is 1.54. The smallest absolute Gasteiger partial charge is 0.146 e. The largest absolute Gasteiger partial charge is 0.506 e. The average molecular weight is 470 g/mol. The standard InChI is InChI=1S/C32H27N3O/c1-21-17-18-33-30(19-21)32(2,3)23-10-8-9-22(20-23)26-16-15-25-24-11-4-5-12-27(24)35(31(25)34-26)28-13-6-7-14-29(28)36/h4-20,36H,1-3H3. The molecule has 0 aliphatic carbocycles. The van der Waals surface area contributed by atoms with E-state index in [4.69, 9.17) is 4.98 Å². The van der Waals surface area contributed by atoms with Crippen molar-refractivity contribution in [1.82, 2.24) is 14.5 Å². The van der Waals surface area contributed by atoms with E-state index in [9.17, 15) is 5.11 Å². The lowest BCUT2D eigenvalue weighted by Gasteiger charge is -2.25. The van der Waals surface area contributed by atoms with Crippen LogP contribution < -0.4 is 0 Å². The zero-order valence-electron chi connectivity index (χ0n) is 20.6. The van der Waals surface area contributed by atoms with E-state index >= 15 is 0 Å². The first kappa shape index (κ1) is 22.1. The average Bonchev–Trinajstić information content (AvgIpc) is 3.22. The SMILES string of the molecule is Cc1ccnc(C(C)(C)c2cccc(-c3ccc4c5ccccc5n(-c5ccccc5O)c4n3)c2)c1. The molecule has 0 radical (unpaired) electrons. The number of benzene rings is 3. The first-order chi connectivity index (χ1) is 17.4. The van der Waals surface area contributed by atoms with Gasteiger partial charge in [0.05, 0.1) is 22.6 Å². The summed E-state index contributed by atoms with van der Waals surface area (Å²) in [4.78, 5) is 9.81. The summed E-state index contributed by atoms with van der Waals surface area (Å²) in [6.45, 7) is 6.52. The minimum Gasteiger partial charge on any atom is -0.506 e. The molecule has 0 spiro atoms. The first-order valence-corrected chi connectivity index (χ1v) is 12.2. The molecule has 0 saturated heterocycles. The van der Waals surface area contributed by atoms with Crippen LogP contribution in [0.1, 0.15) is 30.7 Å². The number of phenols is 1. The Kier molecular flexibility index (Phi) is 5.11. The van der Waals surface area contributed by atoms with Gasteiger partial charge in [-0.25, -0.2) is 4.98 Å². The van der Waals surface area contributed by atoms with Gasteiger partial charge < -0.3 is 5.11 Å². The van der Waals surface area contributed by atoms with Gasteiger partial charge in [0.25, 0.3) is 0 Å². The van der Waals surface area contributed by atoms with Crippen molar-refractivity contribution in [2.45, 2.75) is 26.2 Å². The number of para-hydroxylation sites is 3. The molecule has 0 aliphatic heterocycles. The highest BCUT2D eigenvalue weighted by Gasteiger charge is 2.25.